The van der Waals surface area contributed by atoms with Crippen molar-refractivity contribution in [1.82, 2.24) is 0 Å². The van der Waals surface area contributed by atoms with Crippen molar-refractivity contribution in [3.8, 4) is 0 Å². The van der Waals surface area contributed by atoms with Gasteiger partial charge in [-0.05, 0) is 31.1 Å². The van der Waals surface area contributed by atoms with Crippen LogP contribution in [0.5, 0.6) is 0 Å². The molecule has 0 aromatic rings. The quantitative estimate of drug-likeness (QED) is 0.0343. The van der Waals surface area contributed by atoms with Crippen LogP contribution in [0.2, 0.25) is 0 Å². The van der Waals surface area contributed by atoms with E-state index < -0.39 is 6.10 Å². The molecule has 0 aromatic carbocycles. The molecule has 0 aliphatic heterocycles. The van der Waals surface area contributed by atoms with E-state index in [1.165, 1.54) is 276 Å². The standard InChI is InChI=1S/C68H132O6/c1-6-7-8-9-10-11-12-13-14-15-16-20-23-28-33-38-43-48-53-58-66(69)72-61-65(62-73-67(70)59-54-49-44-39-34-30-25-27-32-37-42-47-52-57-64(4)5)74-68(71)60-55-50-45-40-35-29-24-21-18-17-19-22-26-31-36-41-46-51-56-63(2)3/h63-65H,6-62H2,1-5H3/t65-/m1/s1. The Bertz CT molecular complexity index is 1140. The first-order valence-corrected chi connectivity index (χ1v) is 33.7. The zero-order valence-electron chi connectivity index (χ0n) is 51.0. The molecule has 6 heteroatoms. The van der Waals surface area contributed by atoms with E-state index in [0.29, 0.717) is 19.3 Å². The van der Waals surface area contributed by atoms with Gasteiger partial charge in [0, 0.05) is 19.3 Å². The van der Waals surface area contributed by atoms with Crippen molar-refractivity contribution in [3.63, 3.8) is 0 Å². The predicted molar refractivity (Wildman–Crippen MR) is 321 cm³/mol. The number of hydrogen-bond acceptors (Lipinski definition) is 6. The largest absolute Gasteiger partial charge is 0.462 e. The molecule has 0 saturated carbocycles. The van der Waals surface area contributed by atoms with Crippen molar-refractivity contribution >= 4 is 17.9 Å². The average molecular weight is 1050 g/mol. The first-order chi connectivity index (χ1) is 36.2. The van der Waals surface area contributed by atoms with E-state index in [-0.39, 0.29) is 31.1 Å². The summed E-state index contributed by atoms with van der Waals surface area (Å²) in [5, 5.41) is 0. The highest BCUT2D eigenvalue weighted by Crippen LogP contribution is 2.19. The van der Waals surface area contributed by atoms with Gasteiger partial charge in [-0.3, -0.25) is 14.4 Å². The highest BCUT2D eigenvalue weighted by Gasteiger charge is 2.19. The lowest BCUT2D eigenvalue weighted by molar-refractivity contribution is -0.167. The van der Waals surface area contributed by atoms with Crippen molar-refractivity contribution in [2.45, 2.75) is 394 Å². The fourth-order valence-electron chi connectivity index (χ4n) is 10.6. The van der Waals surface area contributed by atoms with Crippen LogP contribution >= 0.6 is 0 Å². The normalized spacial score (nSPS) is 12.0. The molecule has 0 radical (unpaired) electrons. The summed E-state index contributed by atoms with van der Waals surface area (Å²) in [4.78, 5) is 38.4. The summed E-state index contributed by atoms with van der Waals surface area (Å²) >= 11 is 0. The summed E-state index contributed by atoms with van der Waals surface area (Å²) in [5.74, 6) is 0.870. The smallest absolute Gasteiger partial charge is 0.306 e. The van der Waals surface area contributed by atoms with Gasteiger partial charge in [0.15, 0.2) is 6.10 Å². The Labute approximate surface area is 463 Å². The SMILES string of the molecule is CCCCCCCCCCCCCCCCCCCCCC(=O)OC[C@H](COC(=O)CCCCCCCCCCCCCCCC(C)C)OC(=O)CCCCCCCCCCCCCCCCCCCCC(C)C. The molecule has 0 amide bonds. The Morgan fingerprint density at radius 2 is 0.446 bits per heavy atom. The third-order valence-electron chi connectivity index (χ3n) is 15.7. The third-order valence-corrected chi connectivity index (χ3v) is 15.7. The maximum atomic E-state index is 12.9. The molecule has 0 unspecified atom stereocenters. The summed E-state index contributed by atoms with van der Waals surface area (Å²) in [6.07, 6.45) is 68.3. The summed E-state index contributed by atoms with van der Waals surface area (Å²) in [7, 11) is 0. The highest BCUT2D eigenvalue weighted by atomic mass is 16.6. The van der Waals surface area contributed by atoms with Crippen LogP contribution in [0.3, 0.4) is 0 Å². The highest BCUT2D eigenvalue weighted by molar-refractivity contribution is 5.71. The monoisotopic (exact) mass is 1050 g/mol. The molecule has 74 heavy (non-hydrogen) atoms. The van der Waals surface area contributed by atoms with Gasteiger partial charge in [-0.25, -0.2) is 0 Å². The molecule has 0 N–H and O–H groups in total. The second kappa shape index (κ2) is 60.6. The van der Waals surface area contributed by atoms with Gasteiger partial charge < -0.3 is 14.2 Å². The Morgan fingerprint density at radius 1 is 0.257 bits per heavy atom. The average Bonchev–Trinajstić information content (AvgIpc) is 3.38. The van der Waals surface area contributed by atoms with Crippen LogP contribution in [0.25, 0.3) is 0 Å². The molecule has 1 atom stereocenters. The zero-order valence-corrected chi connectivity index (χ0v) is 51.0. The van der Waals surface area contributed by atoms with Gasteiger partial charge in [0.2, 0.25) is 0 Å². The topological polar surface area (TPSA) is 78.9 Å². The summed E-state index contributed by atoms with van der Waals surface area (Å²) in [5.41, 5.74) is 0. The van der Waals surface area contributed by atoms with Crippen LogP contribution in [0, 0.1) is 11.8 Å². The first-order valence-electron chi connectivity index (χ1n) is 33.7. The molecular weight excluding hydrogens is 913 g/mol. The van der Waals surface area contributed by atoms with E-state index in [9.17, 15) is 14.4 Å². The molecule has 0 heterocycles. The fraction of sp³-hybridized carbons (Fsp3) is 0.956. The Kier molecular flexibility index (Phi) is 59.3. The summed E-state index contributed by atoms with van der Waals surface area (Å²) in [6.45, 7) is 11.5. The zero-order chi connectivity index (χ0) is 53.9. The van der Waals surface area contributed by atoms with E-state index in [0.717, 1.165) is 69.6 Å². The van der Waals surface area contributed by atoms with Gasteiger partial charge >= 0.3 is 17.9 Å². The molecule has 440 valence electrons. The van der Waals surface area contributed by atoms with Gasteiger partial charge in [-0.1, -0.05) is 349 Å². The van der Waals surface area contributed by atoms with Gasteiger partial charge in [-0.15, -0.1) is 0 Å². The molecule has 0 bridgehead atoms. The molecule has 0 aliphatic carbocycles. The van der Waals surface area contributed by atoms with E-state index in [1.54, 1.807) is 0 Å². The number of carbonyl (C=O) groups excluding carboxylic acids is 3. The Morgan fingerprint density at radius 3 is 0.662 bits per heavy atom. The van der Waals surface area contributed by atoms with Crippen LogP contribution in [-0.2, 0) is 28.6 Å². The van der Waals surface area contributed by atoms with Gasteiger partial charge in [0.1, 0.15) is 13.2 Å². The molecule has 0 rings (SSSR count). The lowest BCUT2D eigenvalue weighted by Gasteiger charge is -2.18. The maximum absolute atomic E-state index is 12.9. The Balaban J connectivity index is 4.27. The number of unbranched alkanes of at least 4 members (excludes halogenated alkanes) is 47. The molecule has 0 aromatic heterocycles. The Hall–Kier alpha value is -1.59. The van der Waals surface area contributed by atoms with E-state index >= 15 is 0 Å². The van der Waals surface area contributed by atoms with E-state index in [4.69, 9.17) is 14.2 Å². The number of ether oxygens (including phenoxy) is 3. The minimum Gasteiger partial charge on any atom is -0.462 e. The molecule has 0 aliphatic rings. The lowest BCUT2D eigenvalue weighted by Crippen LogP contribution is -2.30. The predicted octanol–water partition coefficient (Wildman–Crippen LogP) is 22.8. The van der Waals surface area contributed by atoms with Crippen LogP contribution in [-0.4, -0.2) is 37.2 Å². The van der Waals surface area contributed by atoms with Crippen LogP contribution in [0.15, 0.2) is 0 Å². The minimum absolute atomic E-state index is 0.0615. The number of carbonyl (C=O) groups is 3. The number of rotatable bonds is 62. The van der Waals surface area contributed by atoms with Crippen molar-refractivity contribution in [1.29, 1.82) is 0 Å². The summed E-state index contributed by atoms with van der Waals surface area (Å²) < 4.78 is 17.0. The van der Waals surface area contributed by atoms with Gasteiger partial charge in [-0.2, -0.15) is 0 Å². The van der Waals surface area contributed by atoms with Crippen LogP contribution in [0.1, 0.15) is 388 Å². The second-order valence-corrected chi connectivity index (χ2v) is 24.4. The molecule has 6 nitrogen and oxygen atoms in total. The van der Waals surface area contributed by atoms with E-state index in [1.807, 2.05) is 0 Å². The lowest BCUT2D eigenvalue weighted by atomic mass is 10.0. The van der Waals surface area contributed by atoms with Crippen molar-refractivity contribution in [3.05, 3.63) is 0 Å². The van der Waals surface area contributed by atoms with E-state index in [2.05, 4.69) is 34.6 Å². The summed E-state index contributed by atoms with van der Waals surface area (Å²) in [6, 6.07) is 0. The minimum atomic E-state index is -0.764. The molecule has 0 fully saturated rings. The van der Waals surface area contributed by atoms with Crippen molar-refractivity contribution in [2.24, 2.45) is 11.8 Å². The molecule has 0 saturated heterocycles. The van der Waals surface area contributed by atoms with Gasteiger partial charge in [0.25, 0.3) is 0 Å². The number of esters is 3. The molecule has 0 spiro atoms. The fourth-order valence-corrected chi connectivity index (χ4v) is 10.6. The van der Waals surface area contributed by atoms with Crippen LogP contribution in [0.4, 0.5) is 0 Å². The number of hydrogen-bond donors (Lipinski definition) is 0. The van der Waals surface area contributed by atoms with Crippen molar-refractivity contribution in [2.75, 3.05) is 13.2 Å². The maximum Gasteiger partial charge on any atom is 0.306 e. The third kappa shape index (κ3) is 61.3. The molecular formula is C68H132O6. The van der Waals surface area contributed by atoms with Crippen LogP contribution < -0.4 is 0 Å². The first kappa shape index (κ1) is 72.4. The van der Waals surface area contributed by atoms with Crippen molar-refractivity contribution < 1.29 is 28.6 Å². The second-order valence-electron chi connectivity index (χ2n) is 24.4. The van der Waals surface area contributed by atoms with Gasteiger partial charge in [0.05, 0.1) is 0 Å².